The van der Waals surface area contributed by atoms with Crippen LogP contribution in [0.2, 0.25) is 0 Å². The van der Waals surface area contributed by atoms with Crippen LogP contribution in [0.1, 0.15) is 26.1 Å². The predicted molar refractivity (Wildman–Crippen MR) is 73.8 cm³/mol. The van der Waals surface area contributed by atoms with Gasteiger partial charge in [0, 0.05) is 12.2 Å². The van der Waals surface area contributed by atoms with Crippen LogP contribution < -0.4 is 10.9 Å². The smallest absolute Gasteiger partial charge is 0.267 e. The summed E-state index contributed by atoms with van der Waals surface area (Å²) in [5, 5.41) is 2.82. The summed E-state index contributed by atoms with van der Waals surface area (Å²) in [6.07, 6.45) is 2.38. The van der Waals surface area contributed by atoms with E-state index in [-0.39, 0.29) is 24.1 Å². The van der Waals surface area contributed by atoms with Crippen LogP contribution in [0.15, 0.2) is 11.0 Å². The summed E-state index contributed by atoms with van der Waals surface area (Å²) in [6.45, 7) is 5.67. The molecule has 0 bridgehead atoms. The molecular formula is C11H16IN3O2. The van der Waals surface area contributed by atoms with E-state index in [1.807, 2.05) is 36.4 Å². The molecule has 1 rings (SSSR count). The van der Waals surface area contributed by atoms with Gasteiger partial charge in [-0.25, -0.2) is 4.98 Å². The van der Waals surface area contributed by atoms with E-state index in [2.05, 4.69) is 10.3 Å². The topological polar surface area (TPSA) is 64.0 Å². The van der Waals surface area contributed by atoms with Crippen LogP contribution in [-0.2, 0) is 11.3 Å². The number of nitrogens with one attached hydrogen (secondary N) is 1. The van der Waals surface area contributed by atoms with Crippen molar-refractivity contribution < 1.29 is 4.79 Å². The molecule has 1 amide bonds. The Morgan fingerprint density at radius 3 is 2.88 bits per heavy atom. The average molecular weight is 349 g/mol. The van der Waals surface area contributed by atoms with Gasteiger partial charge in [0.1, 0.15) is 12.4 Å². The maximum atomic E-state index is 11.8. The first-order valence-corrected chi connectivity index (χ1v) is 6.54. The zero-order chi connectivity index (χ0) is 13.0. The van der Waals surface area contributed by atoms with Gasteiger partial charge in [0.15, 0.2) is 0 Å². The molecule has 0 aliphatic rings. The largest absolute Gasteiger partial charge is 0.352 e. The second kappa shape index (κ2) is 6.13. The molecule has 1 heterocycles. The summed E-state index contributed by atoms with van der Waals surface area (Å²) in [6, 6.07) is 0.120. The van der Waals surface area contributed by atoms with Gasteiger partial charge in [0.2, 0.25) is 5.91 Å². The lowest BCUT2D eigenvalue weighted by Gasteiger charge is -2.13. The molecule has 0 aliphatic heterocycles. The van der Waals surface area contributed by atoms with Crippen LogP contribution in [0.5, 0.6) is 0 Å². The molecule has 0 aromatic carbocycles. The van der Waals surface area contributed by atoms with Crippen molar-refractivity contribution in [1.82, 2.24) is 14.9 Å². The third kappa shape index (κ3) is 3.79. The second-order valence-corrected chi connectivity index (χ2v) is 5.08. The molecular weight excluding hydrogens is 333 g/mol. The number of aromatic nitrogens is 2. The number of amides is 1. The maximum Gasteiger partial charge on any atom is 0.267 e. The molecule has 1 aromatic rings. The van der Waals surface area contributed by atoms with Gasteiger partial charge in [-0.3, -0.25) is 14.2 Å². The lowest BCUT2D eigenvalue weighted by Crippen LogP contribution is -2.38. The Bertz CT molecular complexity index is 470. The van der Waals surface area contributed by atoms with Gasteiger partial charge in [-0.1, -0.05) is 6.92 Å². The van der Waals surface area contributed by atoms with Crippen LogP contribution in [0.4, 0.5) is 0 Å². The molecule has 0 fully saturated rings. The number of carbonyl (C=O) groups excluding carboxylic acids is 1. The molecule has 1 unspecified atom stereocenters. The van der Waals surface area contributed by atoms with Crippen molar-refractivity contribution in [2.75, 3.05) is 0 Å². The van der Waals surface area contributed by atoms with Crippen molar-refractivity contribution >= 4 is 28.5 Å². The fourth-order valence-corrected chi connectivity index (χ4v) is 1.73. The van der Waals surface area contributed by atoms with Crippen LogP contribution in [0.3, 0.4) is 0 Å². The van der Waals surface area contributed by atoms with Gasteiger partial charge in [-0.15, -0.1) is 0 Å². The quantitative estimate of drug-likeness (QED) is 0.828. The minimum absolute atomic E-state index is 0.0266. The molecule has 5 nitrogen and oxygen atoms in total. The first kappa shape index (κ1) is 14.1. The van der Waals surface area contributed by atoms with E-state index in [1.54, 1.807) is 6.92 Å². The van der Waals surface area contributed by atoms with Crippen molar-refractivity contribution in [2.24, 2.45) is 0 Å². The zero-order valence-electron chi connectivity index (χ0n) is 10.2. The molecule has 6 heteroatoms. The summed E-state index contributed by atoms with van der Waals surface area (Å²) < 4.78 is 1.91. The minimum atomic E-state index is -0.169. The summed E-state index contributed by atoms with van der Waals surface area (Å²) in [4.78, 5) is 27.6. The standard InChI is InChI=1S/C11H16IN3O2/c1-4-7(2)14-10(16)6-15-8(3)13-5-9(12)11(15)17/h5,7H,4,6H2,1-3H3,(H,14,16). The Balaban J connectivity index is 2.85. The molecule has 1 atom stereocenters. The number of aryl methyl sites for hydroxylation is 1. The highest BCUT2D eigenvalue weighted by Gasteiger charge is 2.11. The number of carbonyl (C=O) groups is 1. The molecule has 17 heavy (non-hydrogen) atoms. The Hall–Kier alpha value is -0.920. The van der Waals surface area contributed by atoms with Crippen LogP contribution in [0, 0.1) is 10.5 Å². The normalized spacial score (nSPS) is 12.2. The molecule has 0 saturated heterocycles. The highest BCUT2D eigenvalue weighted by molar-refractivity contribution is 14.1. The Morgan fingerprint density at radius 2 is 2.29 bits per heavy atom. The predicted octanol–water partition coefficient (Wildman–Crippen LogP) is 1.07. The average Bonchev–Trinajstić information content (AvgIpc) is 2.29. The first-order chi connectivity index (χ1) is 7.95. The van der Waals surface area contributed by atoms with Gasteiger partial charge in [0.05, 0.1) is 3.57 Å². The maximum absolute atomic E-state index is 11.8. The van der Waals surface area contributed by atoms with Gasteiger partial charge >= 0.3 is 0 Å². The molecule has 1 N–H and O–H groups in total. The van der Waals surface area contributed by atoms with Crippen molar-refractivity contribution in [3.63, 3.8) is 0 Å². The van der Waals surface area contributed by atoms with E-state index in [0.29, 0.717) is 9.39 Å². The monoisotopic (exact) mass is 349 g/mol. The Kier molecular flexibility index (Phi) is 5.10. The number of hydrogen-bond donors (Lipinski definition) is 1. The van der Waals surface area contributed by atoms with Crippen LogP contribution in [-0.4, -0.2) is 21.5 Å². The van der Waals surface area contributed by atoms with E-state index >= 15 is 0 Å². The SMILES string of the molecule is CCC(C)NC(=O)Cn1c(C)ncc(I)c1=O. The molecule has 0 saturated carbocycles. The highest BCUT2D eigenvalue weighted by atomic mass is 127. The third-order valence-electron chi connectivity index (χ3n) is 2.53. The van der Waals surface area contributed by atoms with Crippen molar-refractivity contribution in [3.05, 3.63) is 25.9 Å². The van der Waals surface area contributed by atoms with Crippen molar-refractivity contribution in [2.45, 2.75) is 39.8 Å². The van der Waals surface area contributed by atoms with Crippen LogP contribution in [0.25, 0.3) is 0 Å². The first-order valence-electron chi connectivity index (χ1n) is 5.47. The number of rotatable bonds is 4. The van der Waals surface area contributed by atoms with Crippen LogP contribution >= 0.6 is 22.6 Å². The third-order valence-corrected chi connectivity index (χ3v) is 3.27. The zero-order valence-corrected chi connectivity index (χ0v) is 12.3. The van der Waals surface area contributed by atoms with E-state index in [1.165, 1.54) is 10.8 Å². The van der Waals surface area contributed by atoms with Gasteiger partial charge in [0.25, 0.3) is 5.56 Å². The van der Waals surface area contributed by atoms with Gasteiger partial charge in [-0.05, 0) is 42.9 Å². The Morgan fingerprint density at radius 1 is 1.65 bits per heavy atom. The van der Waals surface area contributed by atoms with Crippen molar-refractivity contribution in [3.8, 4) is 0 Å². The lowest BCUT2D eigenvalue weighted by molar-refractivity contribution is -0.122. The van der Waals surface area contributed by atoms with E-state index in [0.717, 1.165) is 6.42 Å². The van der Waals surface area contributed by atoms with Gasteiger partial charge < -0.3 is 5.32 Å². The molecule has 0 radical (unpaired) electrons. The number of halogens is 1. The van der Waals surface area contributed by atoms with E-state index < -0.39 is 0 Å². The highest BCUT2D eigenvalue weighted by Crippen LogP contribution is 1.97. The minimum Gasteiger partial charge on any atom is -0.352 e. The molecule has 1 aromatic heterocycles. The lowest BCUT2D eigenvalue weighted by atomic mass is 10.2. The van der Waals surface area contributed by atoms with E-state index in [4.69, 9.17) is 0 Å². The molecule has 0 aliphatic carbocycles. The summed E-state index contributed by atoms with van der Waals surface area (Å²) in [5.74, 6) is 0.392. The van der Waals surface area contributed by atoms with Crippen molar-refractivity contribution in [1.29, 1.82) is 0 Å². The molecule has 94 valence electrons. The fraction of sp³-hybridized carbons (Fsp3) is 0.545. The summed E-state index contributed by atoms with van der Waals surface area (Å²) in [7, 11) is 0. The van der Waals surface area contributed by atoms with E-state index in [9.17, 15) is 9.59 Å². The Labute approximate surface area is 114 Å². The number of hydrogen-bond acceptors (Lipinski definition) is 3. The summed E-state index contributed by atoms with van der Waals surface area (Å²) in [5.41, 5.74) is -0.169. The summed E-state index contributed by atoms with van der Waals surface area (Å²) >= 11 is 1.92. The second-order valence-electron chi connectivity index (χ2n) is 3.92. The van der Waals surface area contributed by atoms with Gasteiger partial charge in [-0.2, -0.15) is 0 Å². The fourth-order valence-electron chi connectivity index (χ4n) is 1.30. The molecule has 0 spiro atoms. The number of nitrogens with zero attached hydrogens (tertiary/aromatic N) is 2.